The minimum Gasteiger partial charge on any atom is -1.00 e. The van der Waals surface area contributed by atoms with Gasteiger partial charge in [-0.2, -0.15) is 0 Å². The topological polar surface area (TPSA) is 0 Å². The first-order chi connectivity index (χ1) is 8.24. The van der Waals surface area contributed by atoms with E-state index < -0.39 is 0 Å². The molecule has 0 radical (unpaired) electrons. The molecule has 19 heavy (non-hydrogen) atoms. The number of hydrogen-bond acceptors (Lipinski definition) is 0. The zero-order valence-electron chi connectivity index (χ0n) is 11.5. The molecule has 3 aliphatic carbocycles. The molecule has 0 aromatic carbocycles. The van der Waals surface area contributed by atoms with Crippen molar-refractivity contribution in [2.24, 2.45) is 11.8 Å². The zero-order valence-corrected chi connectivity index (χ0v) is 15.5. The van der Waals surface area contributed by atoms with E-state index in [-0.39, 0.29) is 48.0 Å². The zero-order chi connectivity index (χ0) is 11.8. The summed E-state index contributed by atoms with van der Waals surface area (Å²) in [6, 6.07) is 0. The number of hydrogen-bond donors (Lipinski definition) is 0. The number of rotatable bonds is 2. The average Bonchev–Trinajstić information content (AvgIpc) is 2.92. The van der Waals surface area contributed by atoms with Crippen LogP contribution in [-0.4, -0.2) is 0 Å². The van der Waals surface area contributed by atoms with Crippen molar-refractivity contribution in [2.45, 2.75) is 36.7 Å². The molecule has 3 heteroatoms. The minimum absolute atomic E-state index is 0. The molecule has 0 heterocycles. The van der Waals surface area contributed by atoms with Crippen LogP contribution in [0, 0.1) is 11.8 Å². The fourth-order valence-corrected chi connectivity index (χ4v) is 7.63. The molecule has 1 fully saturated rings. The van der Waals surface area contributed by atoms with Gasteiger partial charge in [0.05, 0.1) is 0 Å². The third kappa shape index (κ3) is 3.75. The third-order valence-corrected chi connectivity index (χ3v) is 8.83. The van der Waals surface area contributed by atoms with Crippen molar-refractivity contribution in [3.63, 3.8) is 0 Å². The molecular formula is C16H20Cl2Zr. The van der Waals surface area contributed by atoms with Crippen LogP contribution < -0.4 is 24.8 Å². The van der Waals surface area contributed by atoms with Crippen molar-refractivity contribution in [2.75, 3.05) is 0 Å². The van der Waals surface area contributed by atoms with E-state index in [0.29, 0.717) is 0 Å². The summed E-state index contributed by atoms with van der Waals surface area (Å²) < 4.78 is 2.88. The number of halogens is 2. The summed E-state index contributed by atoms with van der Waals surface area (Å²) in [7, 11) is 0. The molecule has 0 nitrogen and oxygen atoms in total. The van der Waals surface area contributed by atoms with Gasteiger partial charge in [-0.3, -0.25) is 0 Å². The maximum Gasteiger partial charge on any atom is -1.00 e. The summed E-state index contributed by atoms with van der Waals surface area (Å²) >= 11 is -0.317. The van der Waals surface area contributed by atoms with Crippen LogP contribution in [0.3, 0.4) is 0 Å². The maximum absolute atomic E-state index is 2.60. The molecule has 0 aliphatic heterocycles. The van der Waals surface area contributed by atoms with E-state index in [2.05, 4.69) is 44.2 Å². The van der Waals surface area contributed by atoms with Gasteiger partial charge in [0, 0.05) is 0 Å². The molecule has 102 valence electrons. The monoisotopic (exact) mass is 372 g/mol. The first-order valence-corrected chi connectivity index (χ1v) is 9.38. The summed E-state index contributed by atoms with van der Waals surface area (Å²) in [6.07, 6.45) is 16.4. The van der Waals surface area contributed by atoms with Gasteiger partial charge < -0.3 is 24.8 Å². The van der Waals surface area contributed by atoms with Crippen LogP contribution in [0.15, 0.2) is 44.8 Å². The van der Waals surface area contributed by atoms with E-state index in [1.165, 1.54) is 30.4 Å². The average molecular weight is 374 g/mol. The molecule has 0 amide bonds. The molecule has 0 aromatic heterocycles. The second kappa shape index (κ2) is 7.44. The predicted molar refractivity (Wildman–Crippen MR) is 69.3 cm³/mol. The van der Waals surface area contributed by atoms with Crippen molar-refractivity contribution in [1.82, 2.24) is 0 Å². The van der Waals surface area contributed by atoms with Crippen LogP contribution in [0.5, 0.6) is 0 Å². The maximum atomic E-state index is 2.60. The third-order valence-electron chi connectivity index (χ3n) is 4.44. The van der Waals surface area contributed by atoms with Gasteiger partial charge in [0.2, 0.25) is 0 Å². The van der Waals surface area contributed by atoms with Crippen molar-refractivity contribution >= 4 is 0 Å². The summed E-state index contributed by atoms with van der Waals surface area (Å²) in [6.45, 7) is 4.57. The summed E-state index contributed by atoms with van der Waals surface area (Å²) in [5.74, 6) is 1.77. The standard InChI is InChI=1S/C11H15.C5H5.2ClH.Zr/c1-8-6-10-4-3-5-11(10)7-9(8)2;1-2-4-5-3-1;;;/h4,6-7,10-11H,3,5H2,1-2H3;1-3H,4H2;2*1H;/q;;;;+2/p-2. The second-order valence-electron chi connectivity index (χ2n) is 5.59. The first-order valence-electron chi connectivity index (χ1n) is 6.73. The van der Waals surface area contributed by atoms with E-state index in [4.69, 9.17) is 0 Å². The van der Waals surface area contributed by atoms with Gasteiger partial charge in [-0.1, -0.05) is 0 Å². The van der Waals surface area contributed by atoms with Gasteiger partial charge in [-0.25, -0.2) is 0 Å². The second-order valence-corrected chi connectivity index (χ2v) is 9.70. The largest absolute Gasteiger partial charge is 1.00 e. The molecule has 0 spiro atoms. The molecule has 0 saturated heterocycles. The Morgan fingerprint density at radius 3 is 2.47 bits per heavy atom. The van der Waals surface area contributed by atoms with Gasteiger partial charge >= 0.3 is 117 Å². The van der Waals surface area contributed by atoms with Crippen molar-refractivity contribution < 1.29 is 48.0 Å². The molecule has 1 saturated carbocycles. The Kier molecular flexibility index (Phi) is 6.84. The Labute approximate surface area is 140 Å². The van der Waals surface area contributed by atoms with Crippen molar-refractivity contribution in [3.8, 4) is 0 Å². The Bertz CT molecular complexity index is 446. The predicted octanol–water partition coefficient (Wildman–Crippen LogP) is -1.36. The van der Waals surface area contributed by atoms with E-state index in [1.54, 1.807) is 0 Å². The molecule has 0 aromatic rings. The first kappa shape index (κ1) is 17.5. The molecular weight excluding hydrogens is 354 g/mol. The van der Waals surface area contributed by atoms with E-state index in [0.717, 1.165) is 15.5 Å². The van der Waals surface area contributed by atoms with Crippen LogP contribution in [-0.2, 0) is 23.2 Å². The Balaban J connectivity index is 0.000000902. The molecule has 3 aliphatic rings. The van der Waals surface area contributed by atoms with E-state index in [1.807, 2.05) is 3.28 Å². The van der Waals surface area contributed by atoms with Crippen molar-refractivity contribution in [3.05, 3.63) is 44.8 Å². The quantitative estimate of drug-likeness (QED) is 0.560. The van der Waals surface area contributed by atoms with Crippen LogP contribution in [0.25, 0.3) is 0 Å². The smallest absolute Gasteiger partial charge is 1.00 e. The van der Waals surface area contributed by atoms with Crippen LogP contribution in [0.1, 0.15) is 33.1 Å². The summed E-state index contributed by atoms with van der Waals surface area (Å²) in [5, 5.41) is 0. The Hall–Kier alpha value is 0.423. The fraction of sp³-hybridized carbons (Fsp3) is 0.500. The SMILES string of the molecule is CC1=CC2CC[CH]([Zr+2][C]3=CC=CC3)C2C=C1C.[Cl-].[Cl-]. The normalized spacial score (nSPS) is 31.3. The fourth-order valence-electron chi connectivity index (χ4n) is 3.32. The van der Waals surface area contributed by atoms with Crippen LogP contribution in [0.2, 0.25) is 3.63 Å². The molecule has 3 atom stereocenters. The molecule has 3 unspecified atom stereocenters. The van der Waals surface area contributed by atoms with Gasteiger partial charge in [0.15, 0.2) is 0 Å². The molecule has 0 bridgehead atoms. The Morgan fingerprint density at radius 1 is 1.05 bits per heavy atom. The Morgan fingerprint density at radius 2 is 1.79 bits per heavy atom. The van der Waals surface area contributed by atoms with Crippen LogP contribution in [0.4, 0.5) is 0 Å². The molecule has 3 rings (SSSR count). The van der Waals surface area contributed by atoms with Crippen molar-refractivity contribution in [1.29, 1.82) is 0 Å². The summed E-state index contributed by atoms with van der Waals surface area (Å²) in [5.41, 5.74) is 3.06. The number of allylic oxidation sites excluding steroid dienone is 8. The van der Waals surface area contributed by atoms with E-state index >= 15 is 0 Å². The molecule has 0 N–H and O–H groups in total. The van der Waals surface area contributed by atoms with Gasteiger partial charge in [-0.05, 0) is 0 Å². The summed E-state index contributed by atoms with van der Waals surface area (Å²) in [4.78, 5) is 0. The van der Waals surface area contributed by atoms with E-state index in [9.17, 15) is 0 Å². The number of fused-ring (bicyclic) bond motifs is 1. The van der Waals surface area contributed by atoms with Crippen LogP contribution >= 0.6 is 0 Å². The van der Waals surface area contributed by atoms with Gasteiger partial charge in [0.25, 0.3) is 0 Å². The van der Waals surface area contributed by atoms with Gasteiger partial charge in [-0.15, -0.1) is 0 Å². The minimum atomic E-state index is -0.317. The van der Waals surface area contributed by atoms with Gasteiger partial charge in [0.1, 0.15) is 0 Å².